The summed E-state index contributed by atoms with van der Waals surface area (Å²) in [5.41, 5.74) is 3.15. The fourth-order valence-electron chi connectivity index (χ4n) is 2.94. The minimum atomic E-state index is 0. The fourth-order valence-corrected chi connectivity index (χ4v) is 3.54. The zero-order valence-corrected chi connectivity index (χ0v) is 21.0. The van der Waals surface area contributed by atoms with Crippen molar-refractivity contribution in [3.8, 4) is 11.5 Å². The number of aryl methyl sites for hydroxylation is 1. The third-order valence-corrected chi connectivity index (χ3v) is 4.98. The number of aromatic nitrogens is 1. The average Bonchev–Trinajstić information content (AvgIpc) is 3.09. The highest BCUT2D eigenvalue weighted by Gasteiger charge is 2.13. The lowest BCUT2D eigenvalue weighted by Crippen LogP contribution is -2.38. The molecule has 0 amide bonds. The van der Waals surface area contributed by atoms with E-state index in [2.05, 4.69) is 40.1 Å². The minimum absolute atomic E-state index is 0. The standard InChI is InChI=1S/C21H30N4O2S.HI/c1-7-9-17-10-16(11-19(26-5)20(17)27-6)12-23-21(22-8-2)25(4)13-18-14-28-15(3)24-18;/h7,10-11,14H,1,8-9,12-13H2,2-6H3,(H,22,23);1H. The highest BCUT2D eigenvalue weighted by Crippen LogP contribution is 2.33. The van der Waals surface area contributed by atoms with Crippen LogP contribution < -0.4 is 14.8 Å². The zero-order chi connectivity index (χ0) is 20.5. The molecule has 0 aliphatic heterocycles. The Hall–Kier alpha value is -1.81. The second kappa shape index (κ2) is 12.7. The van der Waals surface area contributed by atoms with Gasteiger partial charge in [0.05, 0.1) is 38.0 Å². The SMILES string of the molecule is C=CCc1cc(CN=C(NCC)N(C)Cc2csc(C)n2)cc(OC)c1OC.I. The molecule has 0 aliphatic carbocycles. The first kappa shape index (κ1) is 25.2. The van der Waals surface area contributed by atoms with Crippen molar-refractivity contribution in [1.82, 2.24) is 15.2 Å². The molecule has 1 heterocycles. The number of halogens is 1. The van der Waals surface area contributed by atoms with Crippen LogP contribution in [0.2, 0.25) is 0 Å². The van der Waals surface area contributed by atoms with E-state index >= 15 is 0 Å². The molecule has 1 aromatic carbocycles. The summed E-state index contributed by atoms with van der Waals surface area (Å²) in [6.07, 6.45) is 2.57. The Bertz CT molecular complexity index is 823. The number of hydrogen-bond acceptors (Lipinski definition) is 5. The largest absolute Gasteiger partial charge is 0.493 e. The minimum Gasteiger partial charge on any atom is -0.493 e. The topological polar surface area (TPSA) is 59.0 Å². The van der Waals surface area contributed by atoms with Crippen molar-refractivity contribution in [2.75, 3.05) is 27.8 Å². The number of allylic oxidation sites excluding steroid dienone is 1. The van der Waals surface area contributed by atoms with Gasteiger partial charge in [-0.05, 0) is 38.0 Å². The molecule has 0 fully saturated rings. The maximum absolute atomic E-state index is 5.51. The Morgan fingerprint density at radius 2 is 2.10 bits per heavy atom. The van der Waals surface area contributed by atoms with Gasteiger partial charge in [0.1, 0.15) is 0 Å². The molecule has 0 radical (unpaired) electrons. The first-order valence-electron chi connectivity index (χ1n) is 9.27. The molecule has 2 rings (SSSR count). The Morgan fingerprint density at radius 1 is 1.34 bits per heavy atom. The van der Waals surface area contributed by atoms with E-state index in [1.54, 1.807) is 25.6 Å². The summed E-state index contributed by atoms with van der Waals surface area (Å²) in [6, 6.07) is 4.07. The van der Waals surface area contributed by atoms with E-state index in [9.17, 15) is 0 Å². The van der Waals surface area contributed by atoms with Crippen LogP contribution in [0.4, 0.5) is 0 Å². The molecular weight excluding hydrogens is 499 g/mol. The predicted molar refractivity (Wildman–Crippen MR) is 132 cm³/mol. The summed E-state index contributed by atoms with van der Waals surface area (Å²) in [5.74, 6) is 2.30. The molecule has 0 aliphatic rings. The molecule has 0 bridgehead atoms. The normalized spacial score (nSPS) is 10.9. The molecular formula is C21H31IN4O2S. The number of rotatable bonds is 9. The molecule has 6 nitrogen and oxygen atoms in total. The summed E-state index contributed by atoms with van der Waals surface area (Å²) in [6.45, 7) is 9.96. The zero-order valence-electron chi connectivity index (χ0n) is 17.8. The number of benzene rings is 1. The molecule has 8 heteroatoms. The van der Waals surface area contributed by atoms with E-state index < -0.39 is 0 Å². The highest BCUT2D eigenvalue weighted by atomic mass is 127. The first-order chi connectivity index (χ1) is 13.5. The number of thiazole rings is 1. The molecule has 2 aromatic rings. The Kier molecular flexibility index (Phi) is 11.0. The van der Waals surface area contributed by atoms with E-state index in [0.717, 1.165) is 40.1 Å². The van der Waals surface area contributed by atoms with Gasteiger partial charge in [-0.2, -0.15) is 0 Å². The van der Waals surface area contributed by atoms with Gasteiger partial charge < -0.3 is 19.7 Å². The van der Waals surface area contributed by atoms with Crippen LogP contribution >= 0.6 is 35.3 Å². The van der Waals surface area contributed by atoms with Crippen LogP contribution in [0.3, 0.4) is 0 Å². The second-order valence-corrected chi connectivity index (χ2v) is 7.43. The summed E-state index contributed by atoms with van der Waals surface area (Å²) in [4.78, 5) is 11.4. The average molecular weight is 530 g/mol. The Balaban J connectivity index is 0.00000420. The summed E-state index contributed by atoms with van der Waals surface area (Å²) < 4.78 is 11.0. The Morgan fingerprint density at radius 3 is 2.66 bits per heavy atom. The lowest BCUT2D eigenvalue weighted by molar-refractivity contribution is 0.352. The van der Waals surface area contributed by atoms with Crippen molar-refractivity contribution in [2.45, 2.75) is 33.4 Å². The van der Waals surface area contributed by atoms with Crippen molar-refractivity contribution in [1.29, 1.82) is 0 Å². The van der Waals surface area contributed by atoms with Gasteiger partial charge in [-0.3, -0.25) is 0 Å². The van der Waals surface area contributed by atoms with E-state index in [1.165, 1.54) is 0 Å². The smallest absolute Gasteiger partial charge is 0.194 e. The van der Waals surface area contributed by atoms with Crippen molar-refractivity contribution in [3.05, 3.63) is 52.0 Å². The highest BCUT2D eigenvalue weighted by molar-refractivity contribution is 14.0. The molecule has 1 aromatic heterocycles. The third-order valence-electron chi connectivity index (χ3n) is 4.15. The fraction of sp³-hybridized carbons (Fsp3) is 0.429. The maximum Gasteiger partial charge on any atom is 0.194 e. The summed E-state index contributed by atoms with van der Waals surface area (Å²) in [7, 11) is 5.32. The molecule has 160 valence electrons. The molecule has 0 saturated heterocycles. The number of aliphatic imine (C=N–C) groups is 1. The van der Waals surface area contributed by atoms with Crippen molar-refractivity contribution in [3.63, 3.8) is 0 Å². The number of guanidine groups is 1. The number of nitrogens with one attached hydrogen (secondary N) is 1. The van der Waals surface area contributed by atoms with Gasteiger partial charge in [-0.25, -0.2) is 9.98 Å². The van der Waals surface area contributed by atoms with Gasteiger partial charge in [0, 0.05) is 24.5 Å². The summed E-state index contributed by atoms with van der Waals surface area (Å²) in [5, 5.41) is 6.51. The molecule has 1 N–H and O–H groups in total. The van der Waals surface area contributed by atoms with E-state index in [1.807, 2.05) is 26.1 Å². The van der Waals surface area contributed by atoms with Crippen LogP contribution in [-0.4, -0.2) is 43.7 Å². The predicted octanol–water partition coefficient (Wildman–Crippen LogP) is 4.41. The van der Waals surface area contributed by atoms with Gasteiger partial charge in [-0.1, -0.05) is 6.08 Å². The molecule has 0 saturated carbocycles. The van der Waals surface area contributed by atoms with Gasteiger partial charge in [0.15, 0.2) is 17.5 Å². The monoisotopic (exact) mass is 530 g/mol. The summed E-state index contributed by atoms with van der Waals surface area (Å²) >= 11 is 1.66. The van der Waals surface area contributed by atoms with Crippen LogP contribution in [0.15, 0.2) is 35.2 Å². The quantitative estimate of drug-likeness (QED) is 0.225. The second-order valence-electron chi connectivity index (χ2n) is 6.37. The van der Waals surface area contributed by atoms with Crippen LogP contribution in [-0.2, 0) is 19.5 Å². The molecule has 0 unspecified atom stereocenters. The molecule has 0 atom stereocenters. The van der Waals surface area contributed by atoms with E-state index in [0.29, 0.717) is 25.3 Å². The van der Waals surface area contributed by atoms with E-state index in [4.69, 9.17) is 14.5 Å². The van der Waals surface area contributed by atoms with Crippen LogP contribution in [0.5, 0.6) is 11.5 Å². The van der Waals surface area contributed by atoms with Crippen molar-refractivity contribution < 1.29 is 9.47 Å². The first-order valence-corrected chi connectivity index (χ1v) is 10.1. The van der Waals surface area contributed by atoms with Crippen LogP contribution in [0.25, 0.3) is 0 Å². The van der Waals surface area contributed by atoms with Gasteiger partial charge in [0.25, 0.3) is 0 Å². The Labute approximate surface area is 195 Å². The van der Waals surface area contributed by atoms with Crippen molar-refractivity contribution in [2.24, 2.45) is 4.99 Å². The number of hydrogen-bond donors (Lipinski definition) is 1. The lowest BCUT2D eigenvalue weighted by atomic mass is 10.1. The van der Waals surface area contributed by atoms with Crippen LogP contribution in [0, 0.1) is 6.92 Å². The number of ether oxygens (including phenoxy) is 2. The number of methoxy groups -OCH3 is 2. The van der Waals surface area contributed by atoms with Crippen LogP contribution in [0.1, 0.15) is 28.8 Å². The third kappa shape index (κ3) is 7.18. The number of nitrogens with zero attached hydrogens (tertiary/aromatic N) is 3. The molecule has 29 heavy (non-hydrogen) atoms. The maximum atomic E-state index is 5.51. The van der Waals surface area contributed by atoms with Gasteiger partial charge in [-0.15, -0.1) is 41.9 Å². The van der Waals surface area contributed by atoms with E-state index in [-0.39, 0.29) is 24.0 Å². The van der Waals surface area contributed by atoms with Gasteiger partial charge in [0.2, 0.25) is 0 Å². The lowest BCUT2D eigenvalue weighted by Gasteiger charge is -2.21. The van der Waals surface area contributed by atoms with Gasteiger partial charge >= 0.3 is 0 Å². The molecule has 0 spiro atoms. The van der Waals surface area contributed by atoms with Crippen molar-refractivity contribution >= 4 is 41.3 Å².